The summed E-state index contributed by atoms with van der Waals surface area (Å²) in [5.41, 5.74) is 5.23. The summed E-state index contributed by atoms with van der Waals surface area (Å²) in [6, 6.07) is 0. The monoisotopic (exact) mass is 314 g/mol. The summed E-state index contributed by atoms with van der Waals surface area (Å²) in [4.78, 5) is 0. The van der Waals surface area contributed by atoms with E-state index in [4.69, 9.17) is 20.1 Å². The van der Waals surface area contributed by atoms with Gasteiger partial charge in [-0.15, -0.1) is 0 Å². The predicted octanol–water partition coefficient (Wildman–Crippen LogP) is 2.29. The molecule has 0 fully saturated rings. The Labute approximate surface area is 128 Å². The van der Waals surface area contributed by atoms with Crippen LogP contribution in [0.2, 0.25) is 0 Å². The first-order valence-electron chi connectivity index (χ1n) is 6.86. The first-order chi connectivity index (χ1) is 9.45. The van der Waals surface area contributed by atoms with Gasteiger partial charge in [-0.25, -0.2) is 4.72 Å². The van der Waals surface area contributed by atoms with Crippen LogP contribution in [0.3, 0.4) is 0 Å². The van der Waals surface area contributed by atoms with E-state index < -0.39 is 0 Å². The molecule has 0 aromatic carbocycles. The third kappa shape index (κ3) is 43.0. The zero-order chi connectivity index (χ0) is 16.2. The van der Waals surface area contributed by atoms with E-state index in [1.165, 1.54) is 7.11 Å². The molecule has 0 amide bonds. The highest BCUT2D eigenvalue weighted by molar-refractivity contribution is 7.91. The van der Waals surface area contributed by atoms with E-state index in [1.54, 1.807) is 0 Å². The summed E-state index contributed by atoms with van der Waals surface area (Å²) in [6.45, 7) is 10.2. The van der Waals surface area contributed by atoms with Crippen molar-refractivity contribution < 1.29 is 19.1 Å². The smallest absolute Gasteiger partial charge is 0.148 e. The van der Waals surface area contributed by atoms with E-state index in [2.05, 4.69) is 37.2 Å². The molecular formula is C13H34N2O4S. The second kappa shape index (κ2) is 24.1. The van der Waals surface area contributed by atoms with Gasteiger partial charge in [-0.3, -0.25) is 0 Å². The van der Waals surface area contributed by atoms with Gasteiger partial charge < -0.3 is 24.9 Å². The van der Waals surface area contributed by atoms with Crippen LogP contribution in [-0.2, 0) is 9.47 Å². The van der Waals surface area contributed by atoms with Crippen LogP contribution in [0.4, 0.5) is 0 Å². The minimum atomic E-state index is 0.244. The zero-order valence-electron chi connectivity index (χ0n) is 13.6. The normalized spacial score (nSPS) is 9.90. The van der Waals surface area contributed by atoms with Crippen molar-refractivity contribution in [3.05, 3.63) is 0 Å². The molecule has 0 aromatic rings. The molecule has 0 radical (unpaired) electrons. The quantitative estimate of drug-likeness (QED) is 0.224. The average Bonchev–Trinajstić information content (AvgIpc) is 2.36. The van der Waals surface area contributed by atoms with Gasteiger partial charge in [0.25, 0.3) is 0 Å². The number of nitrogens with one attached hydrogen (secondary N) is 1. The fourth-order valence-electron chi connectivity index (χ4n) is 0.785. The van der Waals surface area contributed by atoms with Crippen molar-refractivity contribution >= 4 is 12.2 Å². The first kappa shape index (κ1) is 25.1. The fourth-order valence-corrected chi connectivity index (χ4v) is 0.921. The molecule has 0 aliphatic carbocycles. The molecule has 0 saturated carbocycles. The molecule has 20 heavy (non-hydrogen) atoms. The van der Waals surface area contributed by atoms with Gasteiger partial charge in [-0.2, -0.15) is 0 Å². The largest absolute Gasteiger partial charge is 0.396 e. The van der Waals surface area contributed by atoms with Crippen LogP contribution >= 0.6 is 12.2 Å². The lowest BCUT2D eigenvalue weighted by Crippen LogP contribution is -2.10. The molecule has 6 nitrogen and oxygen atoms in total. The molecule has 0 heterocycles. The number of rotatable bonds is 9. The van der Waals surface area contributed by atoms with E-state index in [-0.39, 0.29) is 13.5 Å². The maximum absolute atomic E-state index is 8.24. The highest BCUT2D eigenvalue weighted by Gasteiger charge is 1.87. The van der Waals surface area contributed by atoms with Crippen LogP contribution < -0.4 is 10.5 Å². The minimum Gasteiger partial charge on any atom is -0.396 e. The molecule has 0 atom stereocenters. The number of aliphatic hydroxyl groups is 1. The maximum atomic E-state index is 8.24. The molecule has 126 valence electrons. The highest BCUT2D eigenvalue weighted by Crippen LogP contribution is 1.95. The Bertz CT molecular complexity index is 136. The van der Waals surface area contributed by atoms with E-state index >= 15 is 0 Å². The summed E-state index contributed by atoms with van der Waals surface area (Å²) >= 11 is 0.522. The number of nitrogens with two attached hydrogens (primary N) is 1. The van der Waals surface area contributed by atoms with Gasteiger partial charge in [-0.1, -0.05) is 27.7 Å². The Morgan fingerprint density at radius 2 is 1.70 bits per heavy atom. The van der Waals surface area contributed by atoms with Crippen molar-refractivity contribution in [3.63, 3.8) is 0 Å². The van der Waals surface area contributed by atoms with Crippen LogP contribution in [0.25, 0.3) is 0 Å². The van der Waals surface area contributed by atoms with Crippen LogP contribution in [0.5, 0.6) is 0 Å². The van der Waals surface area contributed by atoms with Gasteiger partial charge >= 0.3 is 0 Å². The van der Waals surface area contributed by atoms with Gasteiger partial charge in [0.05, 0.1) is 12.2 Å². The van der Waals surface area contributed by atoms with Crippen molar-refractivity contribution in [2.75, 3.05) is 33.8 Å². The van der Waals surface area contributed by atoms with Crippen molar-refractivity contribution in [1.29, 1.82) is 0 Å². The van der Waals surface area contributed by atoms with E-state index in [1.807, 2.05) is 0 Å². The highest BCUT2D eigenvalue weighted by atomic mass is 32.2. The summed E-state index contributed by atoms with van der Waals surface area (Å²) < 4.78 is 19.7. The van der Waals surface area contributed by atoms with Crippen molar-refractivity contribution in [1.82, 2.24) is 4.72 Å². The molecule has 0 rings (SSSR count). The average molecular weight is 314 g/mol. The first-order valence-corrected chi connectivity index (χ1v) is 7.64. The topological polar surface area (TPSA) is 97.0 Å². The molecular weight excluding hydrogens is 280 g/mol. The Morgan fingerprint density at radius 3 is 1.90 bits per heavy atom. The molecule has 7 heteroatoms. The second-order valence-electron chi connectivity index (χ2n) is 4.87. The Hall–Kier alpha value is 0.110. The lowest BCUT2D eigenvalue weighted by molar-refractivity contribution is -0.0314. The molecule has 0 unspecified atom stereocenters. The number of hydrogen-bond acceptors (Lipinski definition) is 7. The van der Waals surface area contributed by atoms with Gasteiger partial charge in [-0.05, 0) is 31.2 Å². The molecule has 0 aromatic heterocycles. The van der Waals surface area contributed by atoms with Gasteiger partial charge in [0.15, 0.2) is 0 Å². The number of ether oxygens (including phenoxy) is 2. The maximum Gasteiger partial charge on any atom is 0.148 e. The van der Waals surface area contributed by atoms with Gasteiger partial charge in [0, 0.05) is 13.7 Å². The number of methoxy groups -OCH3 is 1. The summed E-state index contributed by atoms with van der Waals surface area (Å²) in [6.07, 6.45) is 2.08. The fraction of sp³-hybridized carbons (Fsp3) is 1.00. The Kier molecular flexibility index (Phi) is 30.3. The Balaban J connectivity index is -0.000000221. The summed E-state index contributed by atoms with van der Waals surface area (Å²) in [5.74, 6) is 1.42. The summed E-state index contributed by atoms with van der Waals surface area (Å²) in [7, 11) is 1.53. The third-order valence-corrected chi connectivity index (χ3v) is 2.12. The van der Waals surface area contributed by atoms with Crippen molar-refractivity contribution in [3.8, 4) is 0 Å². The molecule has 5 N–H and O–H groups in total. The number of aliphatic hydroxyl groups excluding tert-OH is 1. The zero-order valence-corrected chi connectivity index (χ0v) is 14.4. The molecule has 0 aliphatic heterocycles. The molecule has 0 saturated heterocycles. The van der Waals surface area contributed by atoms with Crippen LogP contribution in [-0.4, -0.2) is 43.4 Å². The summed E-state index contributed by atoms with van der Waals surface area (Å²) in [5, 5.41) is 8.24. The lowest BCUT2D eigenvalue weighted by Gasteiger charge is -1.99. The van der Waals surface area contributed by atoms with Crippen LogP contribution in [0.1, 0.15) is 40.5 Å². The number of hydrogen-bond donors (Lipinski definition) is 4. The second-order valence-corrected chi connectivity index (χ2v) is 5.34. The lowest BCUT2D eigenvalue weighted by atomic mass is 10.1. The van der Waals surface area contributed by atoms with Crippen molar-refractivity contribution in [2.24, 2.45) is 17.6 Å². The van der Waals surface area contributed by atoms with Crippen molar-refractivity contribution in [2.45, 2.75) is 40.5 Å². The Morgan fingerprint density at radius 1 is 1.15 bits per heavy atom. The SMILES string of the molecule is CC(C)CCN.CC(C)CCO.COCOCNSO. The minimum absolute atomic E-state index is 0.244. The standard InChI is InChI=1S/C5H13N.C5H12O.C3H9NO3S/c2*1-5(2)3-4-6;1-6-3-7-2-4-8-5/h5H,3-4,6H2,1-2H3;5-6H,3-4H2,1-2H3;4-5H,2-3H2,1H3. The van der Waals surface area contributed by atoms with E-state index in [0.29, 0.717) is 24.8 Å². The molecule has 0 aliphatic rings. The predicted molar refractivity (Wildman–Crippen MR) is 86.2 cm³/mol. The van der Waals surface area contributed by atoms with E-state index in [9.17, 15) is 0 Å². The molecule has 0 bridgehead atoms. The third-order valence-electron chi connectivity index (χ3n) is 1.88. The van der Waals surface area contributed by atoms with Gasteiger partial charge in [0.1, 0.15) is 13.5 Å². The van der Waals surface area contributed by atoms with E-state index in [0.717, 1.165) is 25.3 Å². The van der Waals surface area contributed by atoms with Crippen LogP contribution in [0.15, 0.2) is 0 Å². The molecule has 0 spiro atoms. The van der Waals surface area contributed by atoms with Gasteiger partial charge in [0.2, 0.25) is 0 Å². The van der Waals surface area contributed by atoms with Crippen LogP contribution in [0, 0.1) is 11.8 Å².